The third-order valence-corrected chi connectivity index (χ3v) is 4.42. The molecular formula is C17H16Cl3NO. The Balaban J connectivity index is 2.14. The van der Waals surface area contributed by atoms with Gasteiger partial charge in [0.05, 0.1) is 20.6 Å². The van der Waals surface area contributed by atoms with E-state index < -0.39 is 0 Å². The molecule has 0 bridgehead atoms. The molecular weight excluding hydrogens is 341 g/mol. The monoisotopic (exact) mass is 355 g/mol. The van der Waals surface area contributed by atoms with Crippen LogP contribution < -0.4 is 5.32 Å². The second-order valence-corrected chi connectivity index (χ2v) is 6.17. The van der Waals surface area contributed by atoms with E-state index in [0.717, 1.165) is 19.3 Å². The molecule has 0 spiro atoms. The van der Waals surface area contributed by atoms with Crippen molar-refractivity contribution < 1.29 is 4.79 Å². The molecule has 2 nitrogen and oxygen atoms in total. The van der Waals surface area contributed by atoms with Crippen LogP contribution in [-0.4, -0.2) is 5.91 Å². The van der Waals surface area contributed by atoms with E-state index in [0.29, 0.717) is 10.7 Å². The fourth-order valence-corrected chi connectivity index (χ4v) is 2.76. The van der Waals surface area contributed by atoms with E-state index in [-0.39, 0.29) is 21.5 Å². The standard InChI is InChI=1S/C17H16Cl3NO/c1-2-3-4-11-5-7-12(8-6-11)21-17(22)15-13(18)9-10-14(19)16(15)20/h5-10H,2-4H2,1H3,(H,21,22). The summed E-state index contributed by atoms with van der Waals surface area (Å²) in [5, 5.41) is 3.51. The summed E-state index contributed by atoms with van der Waals surface area (Å²) in [6.07, 6.45) is 3.35. The lowest BCUT2D eigenvalue weighted by atomic mass is 10.1. The molecule has 0 atom stereocenters. The summed E-state index contributed by atoms with van der Waals surface area (Å²) in [7, 11) is 0. The quantitative estimate of drug-likeness (QED) is 0.631. The number of carbonyl (C=O) groups excluding carboxylic acids is 1. The van der Waals surface area contributed by atoms with Gasteiger partial charge in [-0.05, 0) is 42.7 Å². The molecule has 2 aromatic rings. The summed E-state index contributed by atoms with van der Waals surface area (Å²) in [4.78, 5) is 12.3. The molecule has 0 heterocycles. The molecule has 2 aromatic carbocycles. The van der Waals surface area contributed by atoms with Crippen molar-refractivity contribution in [1.82, 2.24) is 0 Å². The topological polar surface area (TPSA) is 29.1 Å². The van der Waals surface area contributed by atoms with Crippen LogP contribution >= 0.6 is 34.8 Å². The summed E-state index contributed by atoms with van der Waals surface area (Å²) in [5.74, 6) is -0.376. The Morgan fingerprint density at radius 2 is 1.64 bits per heavy atom. The average Bonchev–Trinajstić information content (AvgIpc) is 2.51. The molecule has 2 rings (SSSR count). The number of rotatable bonds is 5. The molecule has 1 amide bonds. The molecule has 0 fully saturated rings. The summed E-state index contributed by atoms with van der Waals surface area (Å²) in [5.41, 5.74) is 2.13. The number of carbonyl (C=O) groups is 1. The predicted molar refractivity (Wildman–Crippen MR) is 94.5 cm³/mol. The highest BCUT2D eigenvalue weighted by Gasteiger charge is 2.17. The molecule has 0 aliphatic carbocycles. The molecule has 0 radical (unpaired) electrons. The van der Waals surface area contributed by atoms with Gasteiger partial charge in [0.1, 0.15) is 0 Å². The van der Waals surface area contributed by atoms with Crippen molar-refractivity contribution in [2.45, 2.75) is 26.2 Å². The molecule has 0 aliphatic heterocycles. The van der Waals surface area contributed by atoms with Crippen LogP contribution in [0.25, 0.3) is 0 Å². The van der Waals surface area contributed by atoms with E-state index in [1.807, 2.05) is 24.3 Å². The van der Waals surface area contributed by atoms with Crippen LogP contribution in [0.5, 0.6) is 0 Å². The van der Waals surface area contributed by atoms with Gasteiger partial charge in [0, 0.05) is 5.69 Å². The van der Waals surface area contributed by atoms with Crippen LogP contribution in [0.3, 0.4) is 0 Å². The summed E-state index contributed by atoms with van der Waals surface area (Å²) in [6.45, 7) is 2.16. The Morgan fingerprint density at radius 3 is 2.27 bits per heavy atom. The number of nitrogens with one attached hydrogen (secondary N) is 1. The number of halogens is 3. The third kappa shape index (κ3) is 4.16. The number of hydrogen-bond acceptors (Lipinski definition) is 1. The first kappa shape index (κ1) is 17.1. The summed E-state index contributed by atoms with van der Waals surface area (Å²) < 4.78 is 0. The maximum absolute atomic E-state index is 12.3. The molecule has 0 unspecified atom stereocenters. The lowest BCUT2D eigenvalue weighted by molar-refractivity contribution is 0.102. The second-order valence-electron chi connectivity index (χ2n) is 4.97. The molecule has 116 valence electrons. The van der Waals surface area contributed by atoms with E-state index in [1.54, 1.807) is 12.1 Å². The molecule has 0 saturated carbocycles. The second kappa shape index (κ2) is 7.87. The molecule has 1 N–H and O–H groups in total. The first-order valence-corrected chi connectivity index (χ1v) is 8.20. The van der Waals surface area contributed by atoms with Gasteiger partial charge in [-0.3, -0.25) is 4.79 Å². The number of unbranched alkanes of at least 4 members (excludes halogenated alkanes) is 1. The lowest BCUT2D eigenvalue weighted by Crippen LogP contribution is -2.13. The predicted octanol–water partition coefficient (Wildman–Crippen LogP) is 6.24. The van der Waals surface area contributed by atoms with Crippen molar-refractivity contribution in [3.63, 3.8) is 0 Å². The van der Waals surface area contributed by atoms with Gasteiger partial charge in [-0.25, -0.2) is 0 Å². The molecule has 0 aliphatic rings. The first-order chi connectivity index (χ1) is 10.5. The van der Waals surface area contributed by atoms with Crippen molar-refractivity contribution in [2.75, 3.05) is 5.32 Å². The molecule has 0 aromatic heterocycles. The minimum Gasteiger partial charge on any atom is -0.322 e. The minimum absolute atomic E-state index is 0.159. The van der Waals surface area contributed by atoms with Gasteiger partial charge in [-0.1, -0.05) is 60.3 Å². The van der Waals surface area contributed by atoms with Crippen molar-refractivity contribution in [1.29, 1.82) is 0 Å². The number of amides is 1. The Morgan fingerprint density at radius 1 is 1.00 bits per heavy atom. The number of aryl methyl sites for hydroxylation is 1. The first-order valence-electron chi connectivity index (χ1n) is 7.06. The Hall–Kier alpha value is -1.22. The van der Waals surface area contributed by atoms with Gasteiger partial charge in [0.25, 0.3) is 5.91 Å². The molecule has 0 saturated heterocycles. The highest BCUT2D eigenvalue weighted by atomic mass is 35.5. The third-order valence-electron chi connectivity index (χ3n) is 3.30. The van der Waals surface area contributed by atoms with Crippen LogP contribution in [0, 0.1) is 0 Å². The van der Waals surface area contributed by atoms with E-state index in [2.05, 4.69) is 12.2 Å². The number of anilines is 1. The highest BCUT2D eigenvalue weighted by molar-refractivity contribution is 6.46. The van der Waals surface area contributed by atoms with Crippen LogP contribution in [0.1, 0.15) is 35.7 Å². The molecule has 5 heteroatoms. The van der Waals surface area contributed by atoms with Crippen LogP contribution in [0.4, 0.5) is 5.69 Å². The van der Waals surface area contributed by atoms with Crippen molar-refractivity contribution in [3.8, 4) is 0 Å². The smallest absolute Gasteiger partial charge is 0.258 e. The number of benzene rings is 2. The van der Waals surface area contributed by atoms with E-state index >= 15 is 0 Å². The van der Waals surface area contributed by atoms with Gasteiger partial charge < -0.3 is 5.32 Å². The van der Waals surface area contributed by atoms with Gasteiger partial charge in [0.2, 0.25) is 0 Å². The van der Waals surface area contributed by atoms with Crippen molar-refractivity contribution >= 4 is 46.4 Å². The normalized spacial score (nSPS) is 10.5. The SMILES string of the molecule is CCCCc1ccc(NC(=O)c2c(Cl)ccc(Cl)c2Cl)cc1. The van der Waals surface area contributed by atoms with E-state index in [4.69, 9.17) is 34.8 Å². The zero-order valence-corrected chi connectivity index (χ0v) is 14.4. The van der Waals surface area contributed by atoms with Crippen LogP contribution in [0.2, 0.25) is 15.1 Å². The minimum atomic E-state index is -0.376. The summed E-state index contributed by atoms with van der Waals surface area (Å²) >= 11 is 18.0. The van der Waals surface area contributed by atoms with Gasteiger partial charge in [-0.2, -0.15) is 0 Å². The van der Waals surface area contributed by atoms with E-state index in [1.165, 1.54) is 5.56 Å². The lowest BCUT2D eigenvalue weighted by Gasteiger charge is -2.10. The maximum atomic E-state index is 12.3. The van der Waals surface area contributed by atoms with Crippen LogP contribution in [-0.2, 0) is 6.42 Å². The Bertz CT molecular complexity index is 668. The van der Waals surface area contributed by atoms with Crippen molar-refractivity contribution in [2.24, 2.45) is 0 Å². The Kier molecular flexibility index (Phi) is 6.13. The summed E-state index contributed by atoms with van der Waals surface area (Å²) in [6, 6.07) is 10.9. The maximum Gasteiger partial charge on any atom is 0.258 e. The fraction of sp³-hybridized carbons (Fsp3) is 0.235. The van der Waals surface area contributed by atoms with Crippen LogP contribution in [0.15, 0.2) is 36.4 Å². The Labute approximate surface area is 145 Å². The van der Waals surface area contributed by atoms with Gasteiger partial charge >= 0.3 is 0 Å². The fourth-order valence-electron chi connectivity index (χ4n) is 2.06. The van der Waals surface area contributed by atoms with Crippen molar-refractivity contribution in [3.05, 3.63) is 62.6 Å². The van der Waals surface area contributed by atoms with Gasteiger partial charge in [-0.15, -0.1) is 0 Å². The zero-order valence-electron chi connectivity index (χ0n) is 12.1. The zero-order chi connectivity index (χ0) is 16.1. The van der Waals surface area contributed by atoms with Gasteiger partial charge in [0.15, 0.2) is 0 Å². The average molecular weight is 357 g/mol. The largest absolute Gasteiger partial charge is 0.322 e. The number of hydrogen-bond donors (Lipinski definition) is 1. The highest BCUT2D eigenvalue weighted by Crippen LogP contribution is 2.31. The molecule has 22 heavy (non-hydrogen) atoms. The van der Waals surface area contributed by atoms with E-state index in [9.17, 15) is 4.79 Å².